The summed E-state index contributed by atoms with van der Waals surface area (Å²) in [4.78, 5) is 11.6. The van der Waals surface area contributed by atoms with Crippen LogP contribution in [-0.4, -0.2) is 18.5 Å². The van der Waals surface area contributed by atoms with E-state index in [2.05, 4.69) is 17.5 Å². The Morgan fingerprint density at radius 3 is 2.81 bits per heavy atom. The summed E-state index contributed by atoms with van der Waals surface area (Å²) >= 11 is 0. The van der Waals surface area contributed by atoms with Gasteiger partial charge in [-0.1, -0.05) is 26.0 Å². The minimum Gasteiger partial charge on any atom is -0.356 e. The lowest BCUT2D eigenvalue weighted by atomic mass is 9.94. The van der Waals surface area contributed by atoms with Crippen LogP contribution in [0.1, 0.15) is 39.5 Å². The molecule has 0 aromatic heterocycles. The largest absolute Gasteiger partial charge is 0.356 e. The van der Waals surface area contributed by atoms with Crippen molar-refractivity contribution in [2.24, 2.45) is 17.6 Å². The molecule has 1 aliphatic rings. The Bertz CT molecular complexity index is 248. The van der Waals surface area contributed by atoms with Gasteiger partial charge < -0.3 is 11.1 Å². The van der Waals surface area contributed by atoms with Crippen LogP contribution in [0.15, 0.2) is 12.2 Å². The maximum absolute atomic E-state index is 11.6. The zero-order chi connectivity index (χ0) is 12.0. The maximum Gasteiger partial charge on any atom is 0.221 e. The Hall–Kier alpha value is -0.830. The van der Waals surface area contributed by atoms with E-state index in [4.69, 9.17) is 5.73 Å². The van der Waals surface area contributed by atoms with Gasteiger partial charge in [-0.3, -0.25) is 4.79 Å². The van der Waals surface area contributed by atoms with E-state index in [9.17, 15) is 4.79 Å². The van der Waals surface area contributed by atoms with Gasteiger partial charge in [-0.2, -0.15) is 0 Å². The van der Waals surface area contributed by atoms with E-state index in [0.717, 1.165) is 19.4 Å². The zero-order valence-electron chi connectivity index (χ0n) is 10.4. The molecule has 0 spiro atoms. The third-order valence-corrected chi connectivity index (χ3v) is 3.24. The smallest absolute Gasteiger partial charge is 0.221 e. The van der Waals surface area contributed by atoms with Crippen LogP contribution < -0.4 is 11.1 Å². The Kier molecular flexibility index (Phi) is 5.53. The summed E-state index contributed by atoms with van der Waals surface area (Å²) in [6, 6.07) is -0.0220. The Morgan fingerprint density at radius 2 is 2.25 bits per heavy atom. The first-order valence-corrected chi connectivity index (χ1v) is 6.27. The lowest BCUT2D eigenvalue weighted by Crippen LogP contribution is -2.36. The number of carbonyl (C=O) groups is 1. The third-order valence-electron chi connectivity index (χ3n) is 3.24. The van der Waals surface area contributed by atoms with Gasteiger partial charge in [0, 0.05) is 19.0 Å². The molecular weight excluding hydrogens is 200 g/mol. The molecule has 92 valence electrons. The van der Waals surface area contributed by atoms with E-state index in [-0.39, 0.29) is 11.9 Å². The first-order chi connectivity index (χ1) is 7.59. The van der Waals surface area contributed by atoms with E-state index < -0.39 is 0 Å². The number of hydrogen-bond donors (Lipinski definition) is 2. The van der Waals surface area contributed by atoms with Gasteiger partial charge in [-0.15, -0.1) is 0 Å². The topological polar surface area (TPSA) is 55.1 Å². The van der Waals surface area contributed by atoms with Gasteiger partial charge in [0.2, 0.25) is 5.91 Å². The van der Waals surface area contributed by atoms with Gasteiger partial charge in [0.1, 0.15) is 0 Å². The molecule has 0 heterocycles. The van der Waals surface area contributed by atoms with Crippen molar-refractivity contribution >= 4 is 5.91 Å². The molecule has 0 saturated heterocycles. The summed E-state index contributed by atoms with van der Waals surface area (Å²) in [7, 11) is 0. The molecule has 1 aliphatic carbocycles. The number of carbonyl (C=O) groups excluding carboxylic acids is 1. The SMILES string of the molecule is CC(C)C(N)CC(=O)NCC1CC=CCC1. The maximum atomic E-state index is 11.6. The van der Waals surface area contributed by atoms with Crippen LogP contribution >= 0.6 is 0 Å². The molecule has 2 atom stereocenters. The van der Waals surface area contributed by atoms with E-state index >= 15 is 0 Å². The molecule has 16 heavy (non-hydrogen) atoms. The molecule has 0 saturated carbocycles. The minimum atomic E-state index is -0.0220. The van der Waals surface area contributed by atoms with E-state index in [1.165, 1.54) is 6.42 Å². The normalized spacial score (nSPS) is 22.1. The fraction of sp³-hybridized carbons (Fsp3) is 0.769. The molecule has 1 amide bonds. The number of hydrogen-bond acceptors (Lipinski definition) is 2. The van der Waals surface area contributed by atoms with Crippen molar-refractivity contribution in [1.29, 1.82) is 0 Å². The van der Waals surface area contributed by atoms with Crippen molar-refractivity contribution in [2.75, 3.05) is 6.54 Å². The highest BCUT2D eigenvalue weighted by atomic mass is 16.1. The summed E-state index contributed by atoms with van der Waals surface area (Å²) in [5, 5.41) is 2.99. The van der Waals surface area contributed by atoms with Crippen LogP contribution in [0.3, 0.4) is 0 Å². The lowest BCUT2D eigenvalue weighted by Gasteiger charge is -2.19. The number of nitrogens with one attached hydrogen (secondary N) is 1. The van der Waals surface area contributed by atoms with E-state index in [1.807, 2.05) is 13.8 Å². The second-order valence-corrected chi connectivity index (χ2v) is 5.07. The predicted molar refractivity (Wildman–Crippen MR) is 66.9 cm³/mol. The van der Waals surface area contributed by atoms with Crippen molar-refractivity contribution in [3.8, 4) is 0 Å². The molecule has 1 rings (SSSR count). The predicted octanol–water partition coefficient (Wildman–Crippen LogP) is 1.83. The second-order valence-electron chi connectivity index (χ2n) is 5.07. The summed E-state index contributed by atoms with van der Waals surface area (Å²) in [5.41, 5.74) is 5.85. The van der Waals surface area contributed by atoms with E-state index in [0.29, 0.717) is 18.3 Å². The van der Waals surface area contributed by atoms with Crippen molar-refractivity contribution in [3.63, 3.8) is 0 Å². The summed E-state index contributed by atoms with van der Waals surface area (Å²) in [5.74, 6) is 1.07. The quantitative estimate of drug-likeness (QED) is 0.700. The minimum absolute atomic E-state index is 0.0220. The van der Waals surface area contributed by atoms with Crippen molar-refractivity contribution in [3.05, 3.63) is 12.2 Å². The van der Waals surface area contributed by atoms with Crippen LogP contribution in [-0.2, 0) is 4.79 Å². The second kappa shape index (κ2) is 6.69. The summed E-state index contributed by atoms with van der Waals surface area (Å²) in [6.07, 6.45) is 8.29. The molecule has 2 unspecified atom stereocenters. The van der Waals surface area contributed by atoms with Gasteiger partial charge in [-0.05, 0) is 31.1 Å². The summed E-state index contributed by atoms with van der Waals surface area (Å²) in [6.45, 7) is 4.89. The molecule has 3 heteroatoms. The average molecular weight is 224 g/mol. The highest BCUT2D eigenvalue weighted by Crippen LogP contribution is 2.16. The van der Waals surface area contributed by atoms with Gasteiger partial charge in [0.05, 0.1) is 0 Å². The van der Waals surface area contributed by atoms with Gasteiger partial charge in [0.15, 0.2) is 0 Å². The molecule has 3 N–H and O–H groups in total. The zero-order valence-corrected chi connectivity index (χ0v) is 10.4. The van der Waals surface area contributed by atoms with Crippen LogP contribution in [0.2, 0.25) is 0 Å². The highest BCUT2D eigenvalue weighted by molar-refractivity contribution is 5.76. The molecule has 0 fully saturated rings. The summed E-state index contributed by atoms with van der Waals surface area (Å²) < 4.78 is 0. The highest BCUT2D eigenvalue weighted by Gasteiger charge is 2.15. The Morgan fingerprint density at radius 1 is 1.50 bits per heavy atom. The molecule has 3 nitrogen and oxygen atoms in total. The first kappa shape index (κ1) is 13.2. The number of amides is 1. The van der Waals surface area contributed by atoms with Crippen LogP contribution in [0.4, 0.5) is 0 Å². The molecule has 0 radical (unpaired) electrons. The molecular formula is C13H24N2O. The van der Waals surface area contributed by atoms with Crippen LogP contribution in [0.5, 0.6) is 0 Å². The average Bonchev–Trinajstić information content (AvgIpc) is 2.27. The monoisotopic (exact) mass is 224 g/mol. The van der Waals surface area contributed by atoms with Crippen molar-refractivity contribution in [2.45, 2.75) is 45.6 Å². The molecule has 0 aromatic carbocycles. The number of allylic oxidation sites excluding steroid dienone is 2. The molecule has 0 bridgehead atoms. The fourth-order valence-corrected chi connectivity index (χ4v) is 1.82. The number of rotatable bonds is 5. The lowest BCUT2D eigenvalue weighted by molar-refractivity contribution is -0.121. The Labute approximate surface area is 98.5 Å². The Balaban J connectivity index is 2.17. The number of nitrogens with two attached hydrogens (primary N) is 1. The standard InChI is InChI=1S/C13H24N2O/c1-10(2)12(14)8-13(16)15-9-11-6-4-3-5-7-11/h3-4,10-12H,5-9,14H2,1-2H3,(H,15,16). The van der Waals surface area contributed by atoms with Gasteiger partial charge in [0.25, 0.3) is 0 Å². The van der Waals surface area contributed by atoms with Crippen LogP contribution in [0, 0.1) is 11.8 Å². The fourth-order valence-electron chi connectivity index (χ4n) is 1.82. The van der Waals surface area contributed by atoms with Gasteiger partial charge >= 0.3 is 0 Å². The molecule has 0 aliphatic heterocycles. The first-order valence-electron chi connectivity index (χ1n) is 6.27. The third kappa shape index (κ3) is 4.79. The van der Waals surface area contributed by atoms with E-state index in [1.54, 1.807) is 0 Å². The van der Waals surface area contributed by atoms with Crippen LogP contribution in [0.25, 0.3) is 0 Å². The van der Waals surface area contributed by atoms with Crippen molar-refractivity contribution < 1.29 is 4.79 Å². The molecule has 0 aromatic rings. The van der Waals surface area contributed by atoms with Crippen molar-refractivity contribution in [1.82, 2.24) is 5.32 Å². The van der Waals surface area contributed by atoms with Gasteiger partial charge in [-0.25, -0.2) is 0 Å².